The monoisotopic (exact) mass is 215 g/mol. The summed E-state index contributed by atoms with van der Waals surface area (Å²) >= 11 is 0. The van der Waals surface area contributed by atoms with E-state index in [9.17, 15) is 4.79 Å². The van der Waals surface area contributed by atoms with Crippen LogP contribution in [0.25, 0.3) is 0 Å². The summed E-state index contributed by atoms with van der Waals surface area (Å²) in [5.74, 6) is -0.105. The molecule has 15 heavy (non-hydrogen) atoms. The number of amides is 1. The number of hydrogen-bond acceptors (Lipinski definition) is 3. The first kappa shape index (κ1) is 12.5. The molecule has 88 valence electrons. The Labute approximate surface area is 91.3 Å². The highest BCUT2D eigenvalue weighted by Crippen LogP contribution is 2.37. The third-order valence-electron chi connectivity index (χ3n) is 2.65. The van der Waals surface area contributed by atoms with E-state index in [1.165, 1.54) is 0 Å². The highest BCUT2D eigenvalue weighted by molar-refractivity contribution is 5.76. The molecule has 1 amide bonds. The fourth-order valence-corrected chi connectivity index (χ4v) is 1.56. The quantitative estimate of drug-likeness (QED) is 0.727. The van der Waals surface area contributed by atoms with E-state index < -0.39 is 0 Å². The van der Waals surface area contributed by atoms with Crippen LogP contribution in [0.1, 0.15) is 46.5 Å². The smallest absolute Gasteiger partial charge is 0.246 e. The molecule has 0 aromatic rings. The van der Waals surface area contributed by atoms with E-state index >= 15 is 0 Å². The molecule has 1 aliphatic rings. The van der Waals surface area contributed by atoms with E-state index in [1.54, 1.807) is 7.11 Å². The second kappa shape index (κ2) is 4.49. The molecule has 4 nitrogen and oxygen atoms in total. The summed E-state index contributed by atoms with van der Waals surface area (Å²) in [6, 6.07) is 0. The predicted molar refractivity (Wildman–Crippen MR) is 57.2 cm³/mol. The Balaban J connectivity index is 2.29. The van der Waals surface area contributed by atoms with E-state index in [2.05, 4.69) is 5.48 Å². The van der Waals surface area contributed by atoms with Crippen LogP contribution in [0, 0.1) is 0 Å². The molecule has 1 saturated carbocycles. The van der Waals surface area contributed by atoms with Crippen LogP contribution in [0.15, 0.2) is 0 Å². The van der Waals surface area contributed by atoms with Crippen molar-refractivity contribution in [2.24, 2.45) is 0 Å². The van der Waals surface area contributed by atoms with Gasteiger partial charge in [-0.05, 0) is 40.0 Å². The molecule has 0 unspecified atom stereocenters. The van der Waals surface area contributed by atoms with Crippen molar-refractivity contribution >= 4 is 5.91 Å². The van der Waals surface area contributed by atoms with Crippen molar-refractivity contribution < 1.29 is 14.4 Å². The van der Waals surface area contributed by atoms with Crippen molar-refractivity contribution in [2.45, 2.75) is 57.7 Å². The van der Waals surface area contributed by atoms with Crippen LogP contribution < -0.4 is 5.48 Å². The average Bonchev–Trinajstić information content (AvgIpc) is 2.07. The molecule has 0 spiro atoms. The molecule has 0 aromatic carbocycles. The van der Waals surface area contributed by atoms with Crippen LogP contribution in [0.4, 0.5) is 0 Å². The number of carbonyl (C=O) groups excluding carboxylic acids is 1. The Bertz CT molecular complexity index is 223. The lowest BCUT2D eigenvalue weighted by Gasteiger charge is -2.40. The standard InChI is InChI=1S/C11H21NO3/c1-10(2,3)15-12-9(13)8-11(14-4)6-5-7-11/h5-8H2,1-4H3,(H,12,13). The van der Waals surface area contributed by atoms with E-state index in [0.717, 1.165) is 19.3 Å². The molecule has 1 aliphatic carbocycles. The number of methoxy groups -OCH3 is 1. The van der Waals surface area contributed by atoms with Gasteiger partial charge in [0.25, 0.3) is 0 Å². The van der Waals surface area contributed by atoms with E-state index in [1.807, 2.05) is 20.8 Å². The number of nitrogens with one attached hydrogen (secondary N) is 1. The van der Waals surface area contributed by atoms with Crippen LogP contribution >= 0.6 is 0 Å². The van der Waals surface area contributed by atoms with Crippen LogP contribution in [0.3, 0.4) is 0 Å². The summed E-state index contributed by atoms with van der Waals surface area (Å²) in [5, 5.41) is 0. The van der Waals surface area contributed by atoms with Crippen molar-refractivity contribution in [2.75, 3.05) is 7.11 Å². The number of hydroxylamine groups is 1. The molecular formula is C11H21NO3. The van der Waals surface area contributed by atoms with Gasteiger partial charge in [0.05, 0.1) is 17.6 Å². The first-order valence-electron chi connectivity index (χ1n) is 5.39. The van der Waals surface area contributed by atoms with Crippen molar-refractivity contribution in [3.63, 3.8) is 0 Å². The summed E-state index contributed by atoms with van der Waals surface area (Å²) in [7, 11) is 1.66. The van der Waals surface area contributed by atoms with Crippen LogP contribution in [0.2, 0.25) is 0 Å². The van der Waals surface area contributed by atoms with Gasteiger partial charge in [-0.15, -0.1) is 0 Å². The minimum Gasteiger partial charge on any atom is -0.378 e. The third kappa shape index (κ3) is 3.80. The maximum atomic E-state index is 11.5. The van der Waals surface area contributed by atoms with Gasteiger partial charge in [-0.2, -0.15) is 0 Å². The molecule has 1 fully saturated rings. The van der Waals surface area contributed by atoms with E-state index in [-0.39, 0.29) is 17.1 Å². The molecule has 1 rings (SSSR count). The normalized spacial score (nSPS) is 19.5. The van der Waals surface area contributed by atoms with Gasteiger partial charge < -0.3 is 4.74 Å². The van der Waals surface area contributed by atoms with Gasteiger partial charge in [-0.1, -0.05) is 0 Å². The number of rotatable bonds is 4. The van der Waals surface area contributed by atoms with Gasteiger partial charge in [-0.25, -0.2) is 5.48 Å². The second-order valence-electron chi connectivity index (χ2n) is 5.16. The van der Waals surface area contributed by atoms with Crippen molar-refractivity contribution in [1.29, 1.82) is 0 Å². The molecule has 0 aromatic heterocycles. The second-order valence-corrected chi connectivity index (χ2v) is 5.16. The van der Waals surface area contributed by atoms with Gasteiger partial charge in [0.2, 0.25) is 5.91 Å². The summed E-state index contributed by atoms with van der Waals surface area (Å²) in [6.07, 6.45) is 3.46. The number of carbonyl (C=O) groups is 1. The topological polar surface area (TPSA) is 47.6 Å². The van der Waals surface area contributed by atoms with Gasteiger partial charge in [0, 0.05) is 7.11 Å². The van der Waals surface area contributed by atoms with E-state index in [0.29, 0.717) is 6.42 Å². The van der Waals surface area contributed by atoms with Crippen molar-refractivity contribution in [3.8, 4) is 0 Å². The fourth-order valence-electron chi connectivity index (χ4n) is 1.56. The largest absolute Gasteiger partial charge is 0.378 e. The fraction of sp³-hybridized carbons (Fsp3) is 0.909. The average molecular weight is 215 g/mol. The maximum Gasteiger partial charge on any atom is 0.246 e. The number of ether oxygens (including phenoxy) is 1. The molecular weight excluding hydrogens is 194 g/mol. The van der Waals surface area contributed by atoms with Crippen LogP contribution in [0.5, 0.6) is 0 Å². The molecule has 0 saturated heterocycles. The van der Waals surface area contributed by atoms with Gasteiger partial charge in [0.1, 0.15) is 0 Å². The molecule has 0 radical (unpaired) electrons. The Kier molecular flexibility index (Phi) is 3.73. The summed E-state index contributed by atoms with van der Waals surface area (Å²) in [5.41, 5.74) is 1.88. The Morgan fingerprint density at radius 2 is 2.00 bits per heavy atom. The summed E-state index contributed by atoms with van der Waals surface area (Å²) in [4.78, 5) is 16.7. The first-order chi connectivity index (χ1) is 6.87. The number of hydrogen-bond donors (Lipinski definition) is 1. The van der Waals surface area contributed by atoms with Gasteiger partial charge in [-0.3, -0.25) is 9.63 Å². The Hall–Kier alpha value is -0.610. The summed E-state index contributed by atoms with van der Waals surface area (Å²) < 4.78 is 5.36. The SMILES string of the molecule is COC1(CC(=O)NOC(C)(C)C)CCC1. The van der Waals surface area contributed by atoms with Crippen molar-refractivity contribution in [3.05, 3.63) is 0 Å². The highest BCUT2D eigenvalue weighted by atomic mass is 16.7. The zero-order valence-corrected chi connectivity index (χ0v) is 10.1. The first-order valence-corrected chi connectivity index (χ1v) is 5.39. The Morgan fingerprint density at radius 3 is 2.33 bits per heavy atom. The lowest BCUT2D eigenvalue weighted by Crippen LogP contribution is -2.45. The van der Waals surface area contributed by atoms with Crippen LogP contribution in [-0.4, -0.2) is 24.2 Å². The minimum absolute atomic E-state index is 0.105. The summed E-state index contributed by atoms with van der Waals surface area (Å²) in [6.45, 7) is 5.67. The van der Waals surface area contributed by atoms with Gasteiger partial charge in [0.15, 0.2) is 0 Å². The Morgan fingerprint density at radius 1 is 1.40 bits per heavy atom. The highest BCUT2D eigenvalue weighted by Gasteiger charge is 2.39. The van der Waals surface area contributed by atoms with Crippen molar-refractivity contribution in [1.82, 2.24) is 5.48 Å². The molecule has 0 heterocycles. The molecule has 4 heteroatoms. The molecule has 1 N–H and O–H groups in total. The minimum atomic E-state index is -0.352. The van der Waals surface area contributed by atoms with Gasteiger partial charge >= 0.3 is 0 Å². The van der Waals surface area contributed by atoms with E-state index in [4.69, 9.17) is 9.57 Å². The molecule has 0 atom stereocenters. The lowest BCUT2D eigenvalue weighted by molar-refractivity contribution is -0.156. The molecule has 0 aliphatic heterocycles. The third-order valence-corrected chi connectivity index (χ3v) is 2.65. The maximum absolute atomic E-state index is 11.5. The zero-order valence-electron chi connectivity index (χ0n) is 10.1. The zero-order chi connectivity index (χ0) is 11.5. The predicted octanol–water partition coefficient (Wildman–Crippen LogP) is 1.79. The lowest BCUT2D eigenvalue weighted by atomic mass is 9.77. The molecule has 0 bridgehead atoms. The van der Waals surface area contributed by atoms with Crippen LogP contribution in [-0.2, 0) is 14.4 Å².